The van der Waals surface area contributed by atoms with Crippen LogP contribution in [-0.4, -0.2) is 48.0 Å². The molecule has 0 aromatic heterocycles. The predicted molar refractivity (Wildman–Crippen MR) is 104 cm³/mol. The molecule has 1 heterocycles. The van der Waals surface area contributed by atoms with Crippen molar-refractivity contribution in [2.75, 3.05) is 19.7 Å². The number of nitrogens with zero attached hydrogens (tertiary/aromatic N) is 1. The Morgan fingerprint density at radius 1 is 1.29 bits per heavy atom. The van der Waals surface area contributed by atoms with E-state index in [1.54, 1.807) is 0 Å². The quantitative estimate of drug-likeness (QED) is 0.529. The minimum atomic E-state index is -0.819. The van der Waals surface area contributed by atoms with E-state index in [-0.39, 0.29) is 24.3 Å². The maximum atomic E-state index is 12.8. The van der Waals surface area contributed by atoms with E-state index in [0.717, 1.165) is 29.7 Å². The van der Waals surface area contributed by atoms with Crippen LogP contribution in [0.4, 0.5) is 4.79 Å². The number of rotatable bonds is 8. The summed E-state index contributed by atoms with van der Waals surface area (Å²) in [4.78, 5) is 38.3. The lowest BCUT2D eigenvalue weighted by atomic mass is 9.73. The SMILES string of the molecule is C[C@H]1CCCC[C@]12NC(=O)N(CC(=O)NCCCOCc1ccccc1)C2=O. The van der Waals surface area contributed by atoms with Crippen molar-refractivity contribution in [2.45, 2.75) is 51.2 Å². The molecule has 28 heavy (non-hydrogen) atoms. The number of hydrogen-bond acceptors (Lipinski definition) is 4. The fourth-order valence-electron chi connectivity index (χ4n) is 4.00. The Bertz CT molecular complexity index is 709. The molecule has 0 bridgehead atoms. The van der Waals surface area contributed by atoms with Crippen LogP contribution in [0.2, 0.25) is 0 Å². The first-order valence-corrected chi connectivity index (χ1v) is 10.1. The highest BCUT2D eigenvalue weighted by molar-refractivity contribution is 6.09. The van der Waals surface area contributed by atoms with Gasteiger partial charge in [0.2, 0.25) is 5.91 Å². The summed E-state index contributed by atoms with van der Waals surface area (Å²) in [7, 11) is 0. The molecular weight excluding hydrogens is 358 g/mol. The highest BCUT2D eigenvalue weighted by Crippen LogP contribution is 2.38. The van der Waals surface area contributed by atoms with Gasteiger partial charge in [0.25, 0.3) is 5.91 Å². The lowest BCUT2D eigenvalue weighted by molar-refractivity contribution is -0.137. The Morgan fingerprint density at radius 2 is 2.07 bits per heavy atom. The molecule has 0 radical (unpaired) electrons. The van der Waals surface area contributed by atoms with Gasteiger partial charge in [-0.3, -0.25) is 14.5 Å². The summed E-state index contributed by atoms with van der Waals surface area (Å²) in [5.74, 6) is -0.495. The lowest BCUT2D eigenvalue weighted by Crippen LogP contribution is -2.54. The second-order valence-corrected chi connectivity index (χ2v) is 7.68. The van der Waals surface area contributed by atoms with Crippen LogP contribution in [0.3, 0.4) is 0 Å². The molecular formula is C21H29N3O4. The van der Waals surface area contributed by atoms with Gasteiger partial charge in [-0.25, -0.2) is 4.79 Å². The Hall–Kier alpha value is -2.41. The van der Waals surface area contributed by atoms with Crippen molar-refractivity contribution < 1.29 is 19.1 Å². The highest BCUT2D eigenvalue weighted by atomic mass is 16.5. The highest BCUT2D eigenvalue weighted by Gasteiger charge is 2.55. The minimum Gasteiger partial charge on any atom is -0.377 e. The smallest absolute Gasteiger partial charge is 0.325 e. The standard InChI is InChI=1S/C21H29N3O4/c1-16-8-5-6-11-21(16)19(26)24(20(27)23-21)14-18(25)22-12-7-13-28-15-17-9-3-2-4-10-17/h2-4,9-10,16H,5-8,11-15H2,1H3,(H,22,25)(H,23,27)/t16-,21-/m0/s1. The Morgan fingerprint density at radius 3 is 2.82 bits per heavy atom. The molecule has 7 heteroatoms. The average Bonchev–Trinajstić information content (AvgIpc) is 2.93. The van der Waals surface area contributed by atoms with Crippen molar-refractivity contribution in [3.8, 4) is 0 Å². The van der Waals surface area contributed by atoms with Crippen LogP contribution in [0.5, 0.6) is 0 Å². The molecule has 2 N–H and O–H groups in total. The zero-order valence-corrected chi connectivity index (χ0v) is 16.4. The topological polar surface area (TPSA) is 87.7 Å². The molecule has 1 saturated heterocycles. The number of ether oxygens (including phenoxy) is 1. The van der Waals surface area contributed by atoms with E-state index in [0.29, 0.717) is 32.6 Å². The summed E-state index contributed by atoms with van der Waals surface area (Å²) >= 11 is 0. The van der Waals surface area contributed by atoms with Gasteiger partial charge >= 0.3 is 6.03 Å². The van der Waals surface area contributed by atoms with Crippen molar-refractivity contribution in [2.24, 2.45) is 5.92 Å². The normalized spacial score (nSPS) is 24.5. The third kappa shape index (κ3) is 4.52. The molecule has 0 unspecified atom stereocenters. The summed E-state index contributed by atoms with van der Waals surface area (Å²) in [5.41, 5.74) is 0.289. The molecule has 2 atom stereocenters. The van der Waals surface area contributed by atoms with Gasteiger partial charge in [-0.05, 0) is 30.7 Å². The Balaban J connectivity index is 1.37. The predicted octanol–water partition coefficient (Wildman–Crippen LogP) is 2.21. The second kappa shape index (κ2) is 9.19. The second-order valence-electron chi connectivity index (χ2n) is 7.68. The maximum Gasteiger partial charge on any atom is 0.325 e. The van der Waals surface area contributed by atoms with E-state index < -0.39 is 11.6 Å². The maximum absolute atomic E-state index is 12.8. The molecule has 1 saturated carbocycles. The molecule has 1 spiro atoms. The van der Waals surface area contributed by atoms with Crippen molar-refractivity contribution in [3.63, 3.8) is 0 Å². The van der Waals surface area contributed by atoms with E-state index in [1.807, 2.05) is 37.3 Å². The van der Waals surface area contributed by atoms with E-state index in [9.17, 15) is 14.4 Å². The van der Waals surface area contributed by atoms with Crippen LogP contribution in [0, 0.1) is 5.92 Å². The first-order chi connectivity index (χ1) is 13.5. The number of benzene rings is 1. The fraction of sp³-hybridized carbons (Fsp3) is 0.571. The molecule has 2 fully saturated rings. The number of carbonyl (C=O) groups is 3. The number of hydrogen-bond donors (Lipinski definition) is 2. The molecule has 152 valence electrons. The van der Waals surface area contributed by atoms with E-state index in [2.05, 4.69) is 10.6 Å². The number of nitrogens with one attached hydrogen (secondary N) is 2. The van der Waals surface area contributed by atoms with Gasteiger partial charge in [-0.2, -0.15) is 0 Å². The lowest BCUT2D eigenvalue weighted by Gasteiger charge is -2.36. The molecule has 1 aliphatic carbocycles. The van der Waals surface area contributed by atoms with Gasteiger partial charge in [0.15, 0.2) is 0 Å². The van der Waals surface area contributed by atoms with Crippen molar-refractivity contribution >= 4 is 17.8 Å². The van der Waals surface area contributed by atoms with E-state index in [4.69, 9.17) is 4.74 Å². The largest absolute Gasteiger partial charge is 0.377 e. The first-order valence-electron chi connectivity index (χ1n) is 10.1. The van der Waals surface area contributed by atoms with Crippen LogP contribution >= 0.6 is 0 Å². The van der Waals surface area contributed by atoms with E-state index >= 15 is 0 Å². The van der Waals surface area contributed by atoms with Gasteiger partial charge < -0.3 is 15.4 Å². The monoisotopic (exact) mass is 387 g/mol. The molecule has 7 nitrogen and oxygen atoms in total. The van der Waals surface area contributed by atoms with Crippen LogP contribution < -0.4 is 10.6 Å². The van der Waals surface area contributed by atoms with Crippen LogP contribution in [0.1, 0.15) is 44.6 Å². The van der Waals surface area contributed by atoms with Gasteiger partial charge in [0, 0.05) is 13.2 Å². The molecule has 2 aliphatic rings. The van der Waals surface area contributed by atoms with Gasteiger partial charge in [0.05, 0.1) is 6.61 Å². The number of urea groups is 1. The molecule has 1 aromatic rings. The third-order valence-corrected chi connectivity index (χ3v) is 5.70. The molecule has 3 rings (SSSR count). The van der Waals surface area contributed by atoms with E-state index in [1.165, 1.54) is 0 Å². The van der Waals surface area contributed by atoms with Crippen LogP contribution in [0.15, 0.2) is 30.3 Å². The molecule has 1 aromatic carbocycles. The van der Waals surface area contributed by atoms with Crippen LogP contribution in [0.25, 0.3) is 0 Å². The Labute approximate surface area is 165 Å². The summed E-state index contributed by atoms with van der Waals surface area (Å²) in [6.45, 7) is 3.27. The summed E-state index contributed by atoms with van der Waals surface area (Å²) < 4.78 is 5.58. The van der Waals surface area contributed by atoms with Gasteiger partial charge in [-0.1, -0.05) is 50.1 Å². The van der Waals surface area contributed by atoms with Crippen molar-refractivity contribution in [1.82, 2.24) is 15.5 Å². The fourth-order valence-corrected chi connectivity index (χ4v) is 4.00. The number of imide groups is 1. The summed E-state index contributed by atoms with van der Waals surface area (Å²) in [6, 6.07) is 9.43. The zero-order chi connectivity index (χ0) is 20.0. The molecule has 4 amide bonds. The van der Waals surface area contributed by atoms with Crippen molar-refractivity contribution in [1.29, 1.82) is 0 Å². The third-order valence-electron chi connectivity index (χ3n) is 5.70. The molecule has 1 aliphatic heterocycles. The minimum absolute atomic E-state index is 0.0903. The van der Waals surface area contributed by atoms with Crippen molar-refractivity contribution in [3.05, 3.63) is 35.9 Å². The summed E-state index contributed by atoms with van der Waals surface area (Å²) in [6.07, 6.45) is 4.21. The van der Waals surface area contributed by atoms with Gasteiger partial charge in [-0.15, -0.1) is 0 Å². The van der Waals surface area contributed by atoms with Crippen LogP contribution in [-0.2, 0) is 20.9 Å². The zero-order valence-electron chi connectivity index (χ0n) is 16.4. The number of carbonyl (C=O) groups excluding carboxylic acids is 3. The first kappa shape index (κ1) is 20.3. The number of amides is 4. The Kier molecular flexibility index (Phi) is 6.67. The van der Waals surface area contributed by atoms with Gasteiger partial charge in [0.1, 0.15) is 12.1 Å². The summed E-state index contributed by atoms with van der Waals surface area (Å²) in [5, 5.41) is 5.62. The average molecular weight is 387 g/mol.